The second kappa shape index (κ2) is 7.54. The number of hydrogen-bond donors (Lipinski definition) is 0. The van der Waals surface area contributed by atoms with Crippen molar-refractivity contribution in [2.45, 2.75) is 6.54 Å². The van der Waals surface area contributed by atoms with Gasteiger partial charge in [0, 0.05) is 44.5 Å². The molecule has 0 radical (unpaired) electrons. The van der Waals surface area contributed by atoms with Crippen LogP contribution < -0.4 is 0 Å². The molecule has 2 aromatic rings. The van der Waals surface area contributed by atoms with Crippen molar-refractivity contribution < 1.29 is 4.74 Å². The van der Waals surface area contributed by atoms with Gasteiger partial charge in [-0.1, -0.05) is 18.2 Å². The van der Waals surface area contributed by atoms with Crippen molar-refractivity contribution in [2.75, 3.05) is 46.4 Å². The topological polar surface area (TPSA) is 33.5 Å². The van der Waals surface area contributed by atoms with Crippen molar-refractivity contribution in [3.05, 3.63) is 48.3 Å². The van der Waals surface area contributed by atoms with E-state index in [-0.39, 0.29) is 0 Å². The normalized spacial score (nSPS) is 16.3. The van der Waals surface area contributed by atoms with Crippen LogP contribution in [0, 0.1) is 0 Å². The second-order valence-electron chi connectivity index (χ2n) is 5.82. The number of ether oxygens (including phenoxy) is 1. The molecule has 3 rings (SSSR count). The van der Waals surface area contributed by atoms with Gasteiger partial charge in [0.25, 0.3) is 0 Å². The highest BCUT2D eigenvalue weighted by Crippen LogP contribution is 2.09. The fourth-order valence-electron chi connectivity index (χ4n) is 2.69. The lowest BCUT2D eigenvalue weighted by Gasteiger charge is -2.28. The minimum absolute atomic E-state index is 0.869. The maximum absolute atomic E-state index is 5.38. The summed E-state index contributed by atoms with van der Waals surface area (Å²) in [6, 6.07) is 10.2. The summed E-state index contributed by atoms with van der Waals surface area (Å²) in [5.74, 6) is 0. The van der Waals surface area contributed by atoms with Gasteiger partial charge in [0.05, 0.1) is 25.1 Å². The summed E-state index contributed by atoms with van der Waals surface area (Å²) in [4.78, 5) is 4.81. The van der Waals surface area contributed by atoms with Gasteiger partial charge < -0.3 is 9.64 Å². The van der Waals surface area contributed by atoms with Crippen molar-refractivity contribution >= 4 is 0 Å². The van der Waals surface area contributed by atoms with Crippen LogP contribution in [0.15, 0.2) is 42.7 Å². The Morgan fingerprint density at radius 3 is 2.73 bits per heavy atom. The zero-order valence-electron chi connectivity index (χ0n) is 13.2. The third-order valence-corrected chi connectivity index (χ3v) is 4.01. The minimum atomic E-state index is 0.869. The van der Waals surface area contributed by atoms with E-state index in [1.165, 1.54) is 5.56 Å². The lowest BCUT2D eigenvalue weighted by Crippen LogP contribution is -2.40. The second-order valence-corrected chi connectivity index (χ2v) is 5.82. The summed E-state index contributed by atoms with van der Waals surface area (Å²) in [5, 5.41) is 4.45. The standard InChI is InChI=1S/C17H24N4O/c1-19(7-8-20-9-11-22-12-10-20)14-16-13-18-21(15-16)17-5-3-2-4-6-17/h2-6,13,15H,7-12,14H2,1H3. The molecule has 0 N–H and O–H groups in total. The van der Waals surface area contributed by atoms with Crippen LogP contribution in [0.2, 0.25) is 0 Å². The third-order valence-electron chi connectivity index (χ3n) is 4.01. The van der Waals surface area contributed by atoms with Gasteiger partial charge in [-0.2, -0.15) is 5.10 Å². The van der Waals surface area contributed by atoms with E-state index in [2.05, 4.69) is 40.3 Å². The molecule has 0 unspecified atom stereocenters. The van der Waals surface area contributed by atoms with Crippen LogP contribution in [-0.2, 0) is 11.3 Å². The van der Waals surface area contributed by atoms with Gasteiger partial charge in [0.2, 0.25) is 0 Å². The van der Waals surface area contributed by atoms with Crippen LogP contribution >= 0.6 is 0 Å². The van der Waals surface area contributed by atoms with Crippen molar-refractivity contribution in [3.63, 3.8) is 0 Å². The van der Waals surface area contributed by atoms with E-state index in [1.807, 2.05) is 29.1 Å². The van der Waals surface area contributed by atoms with Crippen molar-refractivity contribution in [1.29, 1.82) is 0 Å². The minimum Gasteiger partial charge on any atom is -0.379 e. The maximum atomic E-state index is 5.38. The first-order valence-corrected chi connectivity index (χ1v) is 7.89. The van der Waals surface area contributed by atoms with Gasteiger partial charge >= 0.3 is 0 Å². The van der Waals surface area contributed by atoms with Gasteiger partial charge in [-0.15, -0.1) is 0 Å². The first kappa shape index (κ1) is 15.2. The van der Waals surface area contributed by atoms with Gasteiger partial charge in [-0.05, 0) is 19.2 Å². The molecule has 0 bridgehead atoms. The zero-order valence-corrected chi connectivity index (χ0v) is 13.2. The van der Waals surface area contributed by atoms with Gasteiger partial charge in [-0.3, -0.25) is 4.90 Å². The first-order chi connectivity index (χ1) is 10.8. The van der Waals surface area contributed by atoms with Crippen LogP contribution in [-0.4, -0.2) is 66.0 Å². The average Bonchev–Trinajstić information content (AvgIpc) is 3.03. The van der Waals surface area contributed by atoms with Crippen molar-refractivity contribution in [1.82, 2.24) is 19.6 Å². The fourth-order valence-corrected chi connectivity index (χ4v) is 2.69. The summed E-state index contributed by atoms with van der Waals surface area (Å²) >= 11 is 0. The molecule has 1 saturated heterocycles. The highest BCUT2D eigenvalue weighted by Gasteiger charge is 2.11. The molecular formula is C17H24N4O. The molecule has 2 heterocycles. The quantitative estimate of drug-likeness (QED) is 0.812. The molecular weight excluding hydrogens is 276 g/mol. The Hall–Kier alpha value is -1.69. The van der Waals surface area contributed by atoms with Crippen LogP contribution in [0.1, 0.15) is 5.56 Å². The molecule has 0 spiro atoms. The molecule has 0 atom stereocenters. The Balaban J connectivity index is 1.49. The van der Waals surface area contributed by atoms with Crippen LogP contribution in [0.3, 0.4) is 0 Å². The van der Waals surface area contributed by atoms with Gasteiger partial charge in [0.15, 0.2) is 0 Å². The molecule has 0 aliphatic carbocycles. The Morgan fingerprint density at radius 2 is 1.95 bits per heavy atom. The number of para-hydroxylation sites is 1. The lowest BCUT2D eigenvalue weighted by molar-refractivity contribution is 0.0342. The van der Waals surface area contributed by atoms with Gasteiger partial charge in [-0.25, -0.2) is 4.68 Å². The third kappa shape index (κ3) is 4.16. The predicted octanol–water partition coefficient (Wildman–Crippen LogP) is 1.64. The molecule has 1 aromatic carbocycles. The monoisotopic (exact) mass is 300 g/mol. The van der Waals surface area contributed by atoms with E-state index in [4.69, 9.17) is 4.74 Å². The van der Waals surface area contributed by atoms with Crippen LogP contribution in [0.25, 0.3) is 5.69 Å². The number of hydrogen-bond acceptors (Lipinski definition) is 4. The number of likely N-dealkylation sites (N-methyl/N-ethyl adjacent to an activating group) is 1. The summed E-state index contributed by atoms with van der Waals surface area (Å²) in [5.41, 5.74) is 2.35. The average molecular weight is 300 g/mol. The fraction of sp³-hybridized carbons (Fsp3) is 0.471. The van der Waals surface area contributed by atoms with E-state index in [0.29, 0.717) is 0 Å². The highest BCUT2D eigenvalue weighted by atomic mass is 16.5. The van der Waals surface area contributed by atoms with Crippen molar-refractivity contribution in [2.24, 2.45) is 0 Å². The number of aromatic nitrogens is 2. The smallest absolute Gasteiger partial charge is 0.0645 e. The maximum Gasteiger partial charge on any atom is 0.0645 e. The van der Waals surface area contributed by atoms with E-state index < -0.39 is 0 Å². The Labute approximate surface area is 132 Å². The van der Waals surface area contributed by atoms with E-state index in [0.717, 1.165) is 51.6 Å². The Bertz CT molecular complexity index is 563. The van der Waals surface area contributed by atoms with Crippen molar-refractivity contribution in [3.8, 4) is 5.69 Å². The molecule has 1 aliphatic rings. The first-order valence-electron chi connectivity index (χ1n) is 7.89. The number of nitrogens with zero attached hydrogens (tertiary/aromatic N) is 4. The Morgan fingerprint density at radius 1 is 1.18 bits per heavy atom. The zero-order chi connectivity index (χ0) is 15.2. The molecule has 118 valence electrons. The molecule has 1 aromatic heterocycles. The van der Waals surface area contributed by atoms with E-state index in [1.54, 1.807) is 0 Å². The predicted molar refractivity (Wildman–Crippen MR) is 87.2 cm³/mol. The summed E-state index contributed by atoms with van der Waals surface area (Å²) in [7, 11) is 2.17. The largest absolute Gasteiger partial charge is 0.379 e. The number of morpholine rings is 1. The molecule has 5 nitrogen and oxygen atoms in total. The lowest BCUT2D eigenvalue weighted by atomic mass is 10.3. The molecule has 22 heavy (non-hydrogen) atoms. The van der Waals surface area contributed by atoms with Crippen LogP contribution in [0.5, 0.6) is 0 Å². The summed E-state index contributed by atoms with van der Waals surface area (Å²) in [6.45, 7) is 6.95. The molecule has 1 aliphatic heterocycles. The SMILES string of the molecule is CN(CCN1CCOCC1)Cc1cnn(-c2ccccc2)c1. The highest BCUT2D eigenvalue weighted by molar-refractivity contribution is 5.30. The molecule has 1 fully saturated rings. The summed E-state index contributed by atoms with van der Waals surface area (Å²) < 4.78 is 7.32. The molecule has 5 heteroatoms. The molecule has 0 amide bonds. The molecule has 0 saturated carbocycles. The van der Waals surface area contributed by atoms with E-state index >= 15 is 0 Å². The van der Waals surface area contributed by atoms with Gasteiger partial charge in [0.1, 0.15) is 0 Å². The van der Waals surface area contributed by atoms with Crippen LogP contribution in [0.4, 0.5) is 0 Å². The number of rotatable bonds is 6. The Kier molecular flexibility index (Phi) is 5.21. The number of benzene rings is 1. The summed E-state index contributed by atoms with van der Waals surface area (Å²) in [6.07, 6.45) is 4.07. The van der Waals surface area contributed by atoms with E-state index in [9.17, 15) is 0 Å².